The Bertz CT molecular complexity index is 632. The Morgan fingerprint density at radius 3 is 2.87 bits per heavy atom. The number of likely N-dealkylation sites (tertiary alicyclic amines) is 1. The highest BCUT2D eigenvalue weighted by molar-refractivity contribution is 5.92. The van der Waals surface area contributed by atoms with Crippen LogP contribution in [0.5, 0.6) is 0 Å². The molecule has 1 unspecified atom stereocenters. The molecule has 8 nitrogen and oxygen atoms in total. The van der Waals surface area contributed by atoms with Crippen LogP contribution in [0.25, 0.3) is 0 Å². The van der Waals surface area contributed by atoms with E-state index < -0.39 is 16.9 Å². The van der Waals surface area contributed by atoms with Crippen molar-refractivity contribution in [1.82, 2.24) is 4.90 Å². The summed E-state index contributed by atoms with van der Waals surface area (Å²) in [5.41, 5.74) is 0.754. The van der Waals surface area contributed by atoms with Crippen LogP contribution in [0, 0.1) is 17.0 Å². The van der Waals surface area contributed by atoms with Crippen molar-refractivity contribution in [3.05, 3.63) is 33.9 Å². The average Bonchev–Trinajstić information content (AvgIpc) is 2.95. The number of anilines is 1. The third kappa shape index (κ3) is 4.04. The number of nitrogens with one attached hydrogen (secondary N) is 1. The smallest absolute Gasteiger partial charge is 0.320 e. The van der Waals surface area contributed by atoms with Gasteiger partial charge in [0, 0.05) is 19.0 Å². The van der Waals surface area contributed by atoms with Crippen LogP contribution in [0.2, 0.25) is 0 Å². The Morgan fingerprint density at radius 2 is 2.22 bits per heavy atom. The second-order valence-electron chi connectivity index (χ2n) is 5.54. The lowest BCUT2D eigenvalue weighted by atomic mass is 10.1. The van der Waals surface area contributed by atoms with Crippen LogP contribution in [-0.4, -0.2) is 45.9 Å². The van der Waals surface area contributed by atoms with Crippen molar-refractivity contribution in [3.8, 4) is 0 Å². The fraction of sp³-hybridized carbons (Fsp3) is 0.467. The molecule has 0 radical (unpaired) electrons. The molecule has 8 heteroatoms. The zero-order valence-electron chi connectivity index (χ0n) is 12.8. The Balaban J connectivity index is 1.94. The van der Waals surface area contributed by atoms with Gasteiger partial charge in [-0.25, -0.2) is 0 Å². The summed E-state index contributed by atoms with van der Waals surface area (Å²) in [5, 5.41) is 22.6. The van der Waals surface area contributed by atoms with Crippen molar-refractivity contribution >= 4 is 23.3 Å². The molecule has 1 atom stereocenters. The molecule has 0 aromatic heterocycles. The minimum absolute atomic E-state index is 0.0479. The number of benzene rings is 1. The van der Waals surface area contributed by atoms with Gasteiger partial charge in [-0.05, 0) is 32.4 Å². The molecule has 1 aliphatic rings. The van der Waals surface area contributed by atoms with E-state index in [1.165, 1.54) is 12.1 Å². The summed E-state index contributed by atoms with van der Waals surface area (Å²) in [4.78, 5) is 35.3. The van der Waals surface area contributed by atoms with E-state index in [-0.39, 0.29) is 18.0 Å². The van der Waals surface area contributed by atoms with E-state index in [1.54, 1.807) is 17.9 Å². The van der Waals surface area contributed by atoms with Gasteiger partial charge in [0.25, 0.3) is 5.69 Å². The molecule has 1 fully saturated rings. The molecule has 1 saturated heterocycles. The van der Waals surface area contributed by atoms with Crippen LogP contribution in [-0.2, 0) is 9.59 Å². The average molecular weight is 321 g/mol. The van der Waals surface area contributed by atoms with Crippen molar-refractivity contribution < 1.29 is 19.6 Å². The van der Waals surface area contributed by atoms with Crippen molar-refractivity contribution in [2.24, 2.45) is 0 Å². The predicted molar refractivity (Wildman–Crippen MR) is 83.3 cm³/mol. The number of carbonyl (C=O) groups is 2. The van der Waals surface area contributed by atoms with Crippen LogP contribution in [0.3, 0.4) is 0 Å². The number of nitrogens with zero attached hydrogens (tertiary/aromatic N) is 2. The highest BCUT2D eigenvalue weighted by Gasteiger charge is 2.30. The zero-order valence-corrected chi connectivity index (χ0v) is 12.8. The van der Waals surface area contributed by atoms with Crippen LogP contribution in [0.15, 0.2) is 18.2 Å². The number of hydrogen-bond donors (Lipinski definition) is 2. The lowest BCUT2D eigenvalue weighted by Gasteiger charge is -2.20. The van der Waals surface area contributed by atoms with Crippen LogP contribution >= 0.6 is 0 Å². The Kier molecular flexibility index (Phi) is 5.28. The molecule has 23 heavy (non-hydrogen) atoms. The molecule has 1 aliphatic heterocycles. The Morgan fingerprint density at radius 1 is 1.48 bits per heavy atom. The SMILES string of the molecule is Cc1c(NC(=O)CCN2CCCC2C(=O)O)cccc1[N+](=O)[O-]. The second-order valence-corrected chi connectivity index (χ2v) is 5.54. The first-order valence-electron chi connectivity index (χ1n) is 7.41. The quantitative estimate of drug-likeness (QED) is 0.610. The molecular weight excluding hydrogens is 302 g/mol. The Hall–Kier alpha value is -2.48. The molecule has 2 N–H and O–H groups in total. The summed E-state index contributed by atoms with van der Waals surface area (Å²) in [6.07, 6.45) is 1.55. The molecule has 1 amide bonds. The zero-order chi connectivity index (χ0) is 17.0. The normalized spacial score (nSPS) is 17.9. The Labute approximate surface area is 133 Å². The topological polar surface area (TPSA) is 113 Å². The molecule has 1 heterocycles. The summed E-state index contributed by atoms with van der Waals surface area (Å²) in [6, 6.07) is 3.98. The first kappa shape index (κ1) is 16.9. The second kappa shape index (κ2) is 7.19. The van der Waals surface area contributed by atoms with E-state index in [0.29, 0.717) is 30.8 Å². The first-order chi connectivity index (χ1) is 10.9. The van der Waals surface area contributed by atoms with Crippen LogP contribution in [0.4, 0.5) is 11.4 Å². The number of hydrogen-bond acceptors (Lipinski definition) is 5. The van der Waals surface area contributed by atoms with Crippen molar-refractivity contribution in [1.29, 1.82) is 0 Å². The van der Waals surface area contributed by atoms with Gasteiger partial charge in [-0.3, -0.25) is 24.6 Å². The molecular formula is C15H19N3O5. The predicted octanol–water partition coefficient (Wildman–Crippen LogP) is 1.78. The van der Waals surface area contributed by atoms with E-state index in [9.17, 15) is 19.7 Å². The molecule has 0 aliphatic carbocycles. The first-order valence-corrected chi connectivity index (χ1v) is 7.41. The monoisotopic (exact) mass is 321 g/mol. The summed E-state index contributed by atoms with van der Waals surface area (Å²) in [6.45, 7) is 2.60. The molecule has 1 aromatic rings. The third-order valence-corrected chi connectivity index (χ3v) is 4.05. The lowest BCUT2D eigenvalue weighted by Crippen LogP contribution is -2.37. The largest absolute Gasteiger partial charge is 0.480 e. The van der Waals surface area contributed by atoms with Gasteiger partial charge in [-0.1, -0.05) is 6.07 Å². The number of nitro groups is 1. The fourth-order valence-corrected chi connectivity index (χ4v) is 2.79. The number of amides is 1. The highest BCUT2D eigenvalue weighted by atomic mass is 16.6. The van der Waals surface area contributed by atoms with Crippen molar-refractivity contribution in [2.75, 3.05) is 18.4 Å². The highest BCUT2D eigenvalue weighted by Crippen LogP contribution is 2.25. The number of rotatable bonds is 6. The van der Waals surface area contributed by atoms with Gasteiger partial charge in [0.15, 0.2) is 0 Å². The molecule has 0 saturated carbocycles. The van der Waals surface area contributed by atoms with E-state index in [4.69, 9.17) is 5.11 Å². The number of carboxylic acids is 1. The summed E-state index contributed by atoms with van der Waals surface area (Å²) in [7, 11) is 0. The molecule has 0 spiro atoms. The third-order valence-electron chi connectivity index (χ3n) is 4.05. The van der Waals surface area contributed by atoms with E-state index in [2.05, 4.69) is 5.32 Å². The summed E-state index contributed by atoms with van der Waals surface area (Å²) >= 11 is 0. The maximum Gasteiger partial charge on any atom is 0.320 e. The summed E-state index contributed by atoms with van der Waals surface area (Å²) < 4.78 is 0. The lowest BCUT2D eigenvalue weighted by molar-refractivity contribution is -0.385. The molecule has 0 bridgehead atoms. The van der Waals surface area contributed by atoms with Crippen molar-refractivity contribution in [3.63, 3.8) is 0 Å². The van der Waals surface area contributed by atoms with Gasteiger partial charge in [0.1, 0.15) is 6.04 Å². The van der Waals surface area contributed by atoms with E-state index >= 15 is 0 Å². The van der Waals surface area contributed by atoms with Crippen LogP contribution < -0.4 is 5.32 Å². The van der Waals surface area contributed by atoms with Gasteiger partial charge in [-0.2, -0.15) is 0 Å². The standard InChI is InChI=1S/C15H19N3O5/c1-10-11(4-2-5-12(10)18(22)23)16-14(19)7-9-17-8-3-6-13(17)15(20)21/h2,4-5,13H,3,6-9H2,1H3,(H,16,19)(H,20,21). The fourth-order valence-electron chi connectivity index (χ4n) is 2.79. The maximum absolute atomic E-state index is 12.0. The number of carbonyl (C=O) groups excluding carboxylic acids is 1. The van der Waals surface area contributed by atoms with E-state index in [1.807, 2.05) is 0 Å². The summed E-state index contributed by atoms with van der Waals surface area (Å²) in [5.74, 6) is -1.15. The van der Waals surface area contributed by atoms with Gasteiger partial charge < -0.3 is 10.4 Å². The minimum Gasteiger partial charge on any atom is -0.480 e. The molecule has 124 valence electrons. The van der Waals surface area contributed by atoms with Crippen molar-refractivity contribution in [2.45, 2.75) is 32.2 Å². The number of carboxylic acid groups (broad SMARTS) is 1. The van der Waals surface area contributed by atoms with Gasteiger partial charge in [0.05, 0.1) is 16.2 Å². The maximum atomic E-state index is 12.0. The number of aliphatic carboxylic acids is 1. The van der Waals surface area contributed by atoms with Gasteiger partial charge in [-0.15, -0.1) is 0 Å². The molecule has 2 rings (SSSR count). The van der Waals surface area contributed by atoms with Crippen LogP contribution in [0.1, 0.15) is 24.8 Å². The van der Waals surface area contributed by atoms with Gasteiger partial charge in [0.2, 0.25) is 5.91 Å². The van der Waals surface area contributed by atoms with E-state index in [0.717, 1.165) is 6.42 Å². The minimum atomic E-state index is -0.863. The number of nitro benzene ring substituents is 1. The molecule has 1 aromatic carbocycles. The van der Waals surface area contributed by atoms with Gasteiger partial charge >= 0.3 is 5.97 Å².